The zero-order valence-electron chi connectivity index (χ0n) is 10.6. The summed E-state index contributed by atoms with van der Waals surface area (Å²) in [7, 11) is 1.76. The maximum Gasteiger partial charge on any atom is 0.0661 e. The van der Waals surface area contributed by atoms with Crippen LogP contribution in [-0.4, -0.2) is 37.3 Å². The molecule has 17 heavy (non-hydrogen) atoms. The number of hydrogen-bond acceptors (Lipinski definition) is 4. The maximum absolute atomic E-state index is 5.33. The van der Waals surface area contributed by atoms with Gasteiger partial charge in [0.1, 0.15) is 0 Å². The molecule has 4 heteroatoms. The van der Waals surface area contributed by atoms with Crippen LogP contribution >= 0.6 is 0 Å². The zero-order chi connectivity index (χ0) is 12.1. The number of ether oxygens (including phenoxy) is 1. The van der Waals surface area contributed by atoms with Crippen molar-refractivity contribution in [1.82, 2.24) is 10.3 Å². The third kappa shape index (κ3) is 2.96. The van der Waals surface area contributed by atoms with Crippen LogP contribution in [0.3, 0.4) is 0 Å². The van der Waals surface area contributed by atoms with Crippen LogP contribution in [0, 0.1) is 6.92 Å². The molecule has 0 radical (unpaired) electrons. The Kier molecular flexibility index (Phi) is 3.97. The Labute approximate surface area is 103 Å². The molecule has 0 spiro atoms. The molecule has 0 bridgehead atoms. The molecule has 2 heterocycles. The number of hydrogen-bond donors (Lipinski definition) is 2. The van der Waals surface area contributed by atoms with E-state index in [0.29, 0.717) is 0 Å². The van der Waals surface area contributed by atoms with Crippen molar-refractivity contribution in [2.75, 3.05) is 32.1 Å². The van der Waals surface area contributed by atoms with Crippen LogP contribution in [0.1, 0.15) is 18.4 Å². The third-order valence-corrected chi connectivity index (χ3v) is 3.39. The summed E-state index contributed by atoms with van der Waals surface area (Å²) in [5.74, 6) is 0. The fourth-order valence-electron chi connectivity index (χ4n) is 2.41. The Bertz CT molecular complexity index is 361. The fraction of sp³-hybridized carbons (Fsp3) is 0.615. The first-order valence-corrected chi connectivity index (χ1v) is 6.14. The monoisotopic (exact) mass is 235 g/mol. The van der Waals surface area contributed by atoms with Gasteiger partial charge >= 0.3 is 0 Å². The average molecular weight is 235 g/mol. The van der Waals surface area contributed by atoms with Gasteiger partial charge in [-0.1, -0.05) is 0 Å². The maximum atomic E-state index is 5.33. The van der Waals surface area contributed by atoms with Gasteiger partial charge in [0, 0.05) is 31.7 Å². The summed E-state index contributed by atoms with van der Waals surface area (Å²) in [6.45, 7) is 4.80. The number of methoxy groups -OCH3 is 1. The summed E-state index contributed by atoms with van der Waals surface area (Å²) in [6.07, 6.45) is 6.09. The highest BCUT2D eigenvalue weighted by Gasteiger charge is 2.33. The van der Waals surface area contributed by atoms with E-state index < -0.39 is 0 Å². The largest absolute Gasteiger partial charge is 0.383 e. The van der Waals surface area contributed by atoms with Crippen molar-refractivity contribution in [3.05, 3.63) is 24.0 Å². The lowest BCUT2D eigenvalue weighted by Crippen LogP contribution is -2.49. The smallest absolute Gasteiger partial charge is 0.0661 e. The molecule has 94 valence electrons. The van der Waals surface area contributed by atoms with Crippen molar-refractivity contribution >= 4 is 5.69 Å². The Morgan fingerprint density at radius 3 is 3.12 bits per heavy atom. The van der Waals surface area contributed by atoms with E-state index in [0.717, 1.165) is 31.8 Å². The molecule has 2 N–H and O–H groups in total. The number of aromatic nitrogens is 1. The summed E-state index contributed by atoms with van der Waals surface area (Å²) >= 11 is 0. The van der Waals surface area contributed by atoms with Gasteiger partial charge in [0.2, 0.25) is 0 Å². The van der Waals surface area contributed by atoms with Crippen LogP contribution < -0.4 is 10.6 Å². The van der Waals surface area contributed by atoms with Gasteiger partial charge in [-0.3, -0.25) is 4.98 Å². The number of pyridine rings is 1. The lowest BCUT2D eigenvalue weighted by molar-refractivity contribution is 0.127. The predicted molar refractivity (Wildman–Crippen MR) is 69.3 cm³/mol. The Hall–Kier alpha value is -1.13. The van der Waals surface area contributed by atoms with E-state index in [1.54, 1.807) is 7.11 Å². The van der Waals surface area contributed by atoms with E-state index in [1.165, 1.54) is 12.0 Å². The van der Waals surface area contributed by atoms with E-state index in [2.05, 4.69) is 22.5 Å². The number of aryl methyl sites for hydroxylation is 1. The average Bonchev–Trinajstić information content (AvgIpc) is 2.78. The van der Waals surface area contributed by atoms with Gasteiger partial charge in [0.05, 0.1) is 12.1 Å². The van der Waals surface area contributed by atoms with Crippen LogP contribution in [0.5, 0.6) is 0 Å². The molecule has 0 aliphatic carbocycles. The quantitative estimate of drug-likeness (QED) is 0.813. The number of nitrogens with zero attached hydrogens (tertiary/aromatic N) is 1. The molecule has 0 saturated carbocycles. The third-order valence-electron chi connectivity index (χ3n) is 3.39. The highest BCUT2D eigenvalue weighted by atomic mass is 16.5. The first-order valence-electron chi connectivity index (χ1n) is 6.14. The Morgan fingerprint density at radius 2 is 2.47 bits per heavy atom. The molecule has 1 aliphatic rings. The zero-order valence-corrected chi connectivity index (χ0v) is 10.6. The van der Waals surface area contributed by atoms with Gasteiger partial charge in [-0.2, -0.15) is 0 Å². The van der Waals surface area contributed by atoms with Crippen molar-refractivity contribution in [2.24, 2.45) is 0 Å². The molecule has 1 aromatic heterocycles. The highest BCUT2D eigenvalue weighted by molar-refractivity contribution is 5.48. The van der Waals surface area contributed by atoms with Crippen molar-refractivity contribution in [3.63, 3.8) is 0 Å². The van der Waals surface area contributed by atoms with E-state index in [-0.39, 0.29) is 5.54 Å². The molecule has 0 amide bonds. The van der Waals surface area contributed by atoms with E-state index in [4.69, 9.17) is 4.74 Å². The lowest BCUT2D eigenvalue weighted by Gasteiger charge is -2.29. The van der Waals surface area contributed by atoms with E-state index >= 15 is 0 Å². The van der Waals surface area contributed by atoms with Crippen LogP contribution in [-0.2, 0) is 4.74 Å². The van der Waals surface area contributed by atoms with Gasteiger partial charge in [0.15, 0.2) is 0 Å². The Morgan fingerprint density at radius 1 is 1.59 bits per heavy atom. The highest BCUT2D eigenvalue weighted by Crippen LogP contribution is 2.21. The first-order chi connectivity index (χ1) is 8.26. The van der Waals surface area contributed by atoms with Crippen LogP contribution in [0.4, 0.5) is 5.69 Å². The molecule has 1 saturated heterocycles. The second-order valence-electron chi connectivity index (χ2n) is 4.79. The molecular formula is C13H21N3O. The molecule has 1 aromatic rings. The molecule has 2 rings (SSSR count). The lowest BCUT2D eigenvalue weighted by atomic mass is 9.98. The van der Waals surface area contributed by atoms with Crippen LogP contribution in [0.15, 0.2) is 18.5 Å². The minimum atomic E-state index is 0.0878. The molecule has 4 nitrogen and oxygen atoms in total. The standard InChI is InChI=1S/C13H21N3O/c1-11-8-14-7-4-12(11)15-9-13(10-17-2)5-3-6-16-13/h4,7-8,16H,3,5-6,9-10H2,1-2H3,(H,14,15). The van der Waals surface area contributed by atoms with Gasteiger partial charge in [-0.05, 0) is 37.9 Å². The van der Waals surface area contributed by atoms with Gasteiger partial charge in [0.25, 0.3) is 0 Å². The molecule has 1 fully saturated rings. The predicted octanol–water partition coefficient (Wildman–Crippen LogP) is 1.57. The minimum Gasteiger partial charge on any atom is -0.383 e. The molecule has 1 aliphatic heterocycles. The Balaban J connectivity index is 1.98. The SMILES string of the molecule is COCC1(CNc2ccncc2C)CCCN1. The van der Waals surface area contributed by atoms with Gasteiger partial charge < -0.3 is 15.4 Å². The minimum absolute atomic E-state index is 0.0878. The summed E-state index contributed by atoms with van der Waals surface area (Å²) in [4.78, 5) is 4.10. The van der Waals surface area contributed by atoms with Crippen molar-refractivity contribution in [1.29, 1.82) is 0 Å². The first kappa shape index (κ1) is 12.3. The van der Waals surface area contributed by atoms with Crippen LogP contribution in [0.25, 0.3) is 0 Å². The normalized spacial score (nSPS) is 23.9. The number of rotatable bonds is 5. The number of nitrogens with one attached hydrogen (secondary N) is 2. The van der Waals surface area contributed by atoms with Crippen molar-refractivity contribution < 1.29 is 4.74 Å². The molecule has 1 unspecified atom stereocenters. The van der Waals surface area contributed by atoms with E-state index in [1.807, 2.05) is 18.5 Å². The summed E-state index contributed by atoms with van der Waals surface area (Å²) in [6, 6.07) is 2.02. The van der Waals surface area contributed by atoms with Crippen molar-refractivity contribution in [2.45, 2.75) is 25.3 Å². The van der Waals surface area contributed by atoms with Gasteiger partial charge in [-0.25, -0.2) is 0 Å². The van der Waals surface area contributed by atoms with Crippen LogP contribution in [0.2, 0.25) is 0 Å². The second-order valence-corrected chi connectivity index (χ2v) is 4.79. The summed E-state index contributed by atoms with van der Waals surface area (Å²) in [5, 5.41) is 7.06. The van der Waals surface area contributed by atoms with E-state index in [9.17, 15) is 0 Å². The topological polar surface area (TPSA) is 46.2 Å². The summed E-state index contributed by atoms with van der Waals surface area (Å²) < 4.78 is 5.33. The van der Waals surface area contributed by atoms with Crippen molar-refractivity contribution in [3.8, 4) is 0 Å². The van der Waals surface area contributed by atoms with Gasteiger partial charge in [-0.15, -0.1) is 0 Å². The second kappa shape index (κ2) is 5.47. The molecule has 0 aromatic carbocycles. The molecular weight excluding hydrogens is 214 g/mol. The summed E-state index contributed by atoms with van der Waals surface area (Å²) in [5.41, 5.74) is 2.42. The fourth-order valence-corrected chi connectivity index (χ4v) is 2.41. The number of anilines is 1. The molecule has 1 atom stereocenters.